The van der Waals surface area contributed by atoms with Gasteiger partial charge in [0.25, 0.3) is 5.91 Å². The van der Waals surface area contributed by atoms with Crippen LogP contribution in [0.15, 0.2) is 40.1 Å². The molecule has 1 amide bonds. The van der Waals surface area contributed by atoms with Crippen LogP contribution in [0.2, 0.25) is 0 Å². The molecule has 1 aromatic rings. The lowest BCUT2D eigenvalue weighted by atomic mass is 10.3. The van der Waals surface area contributed by atoms with Crippen molar-refractivity contribution in [3.63, 3.8) is 0 Å². The molecule has 0 spiro atoms. The molecule has 5 heteroatoms. The standard InChI is InChI=1S/C12H11NO3S/c1-13-8-5-3-4-6-9(8)17-10(12(13)15)7-11(14)16-2/h3-7H,1-2H3/b10-7+. The van der Waals surface area contributed by atoms with E-state index < -0.39 is 5.97 Å². The highest BCUT2D eigenvalue weighted by Gasteiger charge is 2.26. The number of ether oxygens (including phenoxy) is 1. The third-order valence-electron chi connectivity index (χ3n) is 2.41. The van der Waals surface area contributed by atoms with E-state index in [0.717, 1.165) is 10.6 Å². The van der Waals surface area contributed by atoms with Gasteiger partial charge in [-0.15, -0.1) is 0 Å². The maximum atomic E-state index is 12.0. The molecular formula is C12H11NO3S. The molecule has 0 bridgehead atoms. The molecule has 0 radical (unpaired) electrons. The molecule has 0 aliphatic carbocycles. The zero-order chi connectivity index (χ0) is 12.4. The number of esters is 1. The topological polar surface area (TPSA) is 46.6 Å². The molecule has 17 heavy (non-hydrogen) atoms. The van der Waals surface area contributed by atoms with Crippen LogP contribution in [0.5, 0.6) is 0 Å². The first-order valence-electron chi connectivity index (χ1n) is 4.98. The SMILES string of the molecule is COC(=O)/C=C1/Sc2ccccc2N(C)C1=O. The van der Waals surface area contributed by atoms with E-state index in [0.29, 0.717) is 4.91 Å². The van der Waals surface area contributed by atoms with Gasteiger partial charge in [-0.25, -0.2) is 4.79 Å². The third kappa shape index (κ3) is 2.19. The predicted octanol–water partition coefficient (Wildman–Crippen LogP) is 1.81. The molecule has 0 fully saturated rings. The Kier molecular flexibility index (Phi) is 3.19. The summed E-state index contributed by atoms with van der Waals surface area (Å²) in [7, 11) is 2.97. The second-order valence-corrected chi connectivity index (χ2v) is 4.55. The molecule has 0 unspecified atom stereocenters. The van der Waals surface area contributed by atoms with Gasteiger partial charge in [0, 0.05) is 18.0 Å². The molecule has 0 aromatic heterocycles. The number of hydrogen-bond donors (Lipinski definition) is 0. The summed E-state index contributed by atoms with van der Waals surface area (Å²) in [6.07, 6.45) is 1.22. The Morgan fingerprint density at radius 3 is 2.82 bits per heavy atom. The van der Waals surface area contributed by atoms with E-state index in [2.05, 4.69) is 4.74 Å². The highest BCUT2D eigenvalue weighted by atomic mass is 32.2. The van der Waals surface area contributed by atoms with E-state index in [4.69, 9.17) is 0 Å². The van der Waals surface area contributed by atoms with Gasteiger partial charge in [0.2, 0.25) is 0 Å². The number of para-hydroxylation sites is 1. The van der Waals surface area contributed by atoms with Crippen molar-refractivity contribution in [1.29, 1.82) is 0 Å². The van der Waals surface area contributed by atoms with Gasteiger partial charge in [-0.05, 0) is 12.1 Å². The summed E-state index contributed by atoms with van der Waals surface area (Å²) < 4.78 is 4.53. The number of benzene rings is 1. The van der Waals surface area contributed by atoms with E-state index in [1.165, 1.54) is 29.8 Å². The molecule has 1 heterocycles. The minimum Gasteiger partial charge on any atom is -0.466 e. The number of fused-ring (bicyclic) bond motifs is 1. The predicted molar refractivity (Wildman–Crippen MR) is 65.8 cm³/mol. The van der Waals surface area contributed by atoms with Crippen LogP contribution in [0.3, 0.4) is 0 Å². The lowest BCUT2D eigenvalue weighted by molar-refractivity contribution is -0.135. The Morgan fingerprint density at radius 1 is 1.41 bits per heavy atom. The molecule has 0 saturated heterocycles. The summed E-state index contributed by atoms with van der Waals surface area (Å²) in [6.45, 7) is 0. The smallest absolute Gasteiger partial charge is 0.331 e. The zero-order valence-corrected chi connectivity index (χ0v) is 10.3. The van der Waals surface area contributed by atoms with Crippen molar-refractivity contribution in [1.82, 2.24) is 0 Å². The fourth-order valence-electron chi connectivity index (χ4n) is 1.51. The highest BCUT2D eigenvalue weighted by molar-refractivity contribution is 8.04. The largest absolute Gasteiger partial charge is 0.466 e. The van der Waals surface area contributed by atoms with Crippen molar-refractivity contribution in [3.05, 3.63) is 35.2 Å². The minimum atomic E-state index is -0.520. The number of carbonyl (C=O) groups is 2. The number of carbonyl (C=O) groups excluding carboxylic acids is 2. The number of methoxy groups -OCH3 is 1. The van der Waals surface area contributed by atoms with Crippen molar-refractivity contribution >= 4 is 29.3 Å². The molecule has 1 aromatic carbocycles. The van der Waals surface area contributed by atoms with E-state index >= 15 is 0 Å². The summed E-state index contributed by atoms with van der Waals surface area (Å²) in [5, 5.41) is 0. The fraction of sp³-hybridized carbons (Fsp3) is 0.167. The van der Waals surface area contributed by atoms with Crippen LogP contribution in [0, 0.1) is 0 Å². The average Bonchev–Trinajstić information content (AvgIpc) is 2.35. The number of thioether (sulfide) groups is 1. The van der Waals surface area contributed by atoms with Crippen LogP contribution in [0.4, 0.5) is 5.69 Å². The lowest BCUT2D eigenvalue weighted by Gasteiger charge is -2.26. The van der Waals surface area contributed by atoms with Gasteiger partial charge in [-0.3, -0.25) is 4.79 Å². The van der Waals surface area contributed by atoms with Gasteiger partial charge in [0.15, 0.2) is 0 Å². The summed E-state index contributed by atoms with van der Waals surface area (Å²) in [5.74, 6) is -0.715. The molecule has 88 valence electrons. The number of rotatable bonds is 1. The maximum absolute atomic E-state index is 12.0. The van der Waals surface area contributed by atoms with Crippen LogP contribution in [0.1, 0.15) is 0 Å². The van der Waals surface area contributed by atoms with E-state index in [9.17, 15) is 9.59 Å². The Labute approximate surface area is 103 Å². The van der Waals surface area contributed by atoms with Crippen molar-refractivity contribution in [2.45, 2.75) is 4.90 Å². The van der Waals surface area contributed by atoms with Crippen LogP contribution in [-0.4, -0.2) is 26.0 Å². The van der Waals surface area contributed by atoms with Crippen LogP contribution >= 0.6 is 11.8 Å². The molecule has 1 aliphatic heterocycles. The summed E-state index contributed by atoms with van der Waals surface area (Å²) in [4.78, 5) is 26.0. The first-order chi connectivity index (χ1) is 8.13. The van der Waals surface area contributed by atoms with Crippen LogP contribution in [0.25, 0.3) is 0 Å². The van der Waals surface area contributed by atoms with Crippen LogP contribution < -0.4 is 4.90 Å². The first kappa shape index (κ1) is 11.7. The van der Waals surface area contributed by atoms with Crippen molar-refractivity contribution in [2.75, 3.05) is 19.1 Å². The Balaban J connectivity index is 2.41. The number of nitrogens with zero attached hydrogens (tertiary/aromatic N) is 1. The van der Waals surface area contributed by atoms with Gasteiger partial charge in [-0.1, -0.05) is 23.9 Å². The molecule has 4 nitrogen and oxygen atoms in total. The molecule has 0 saturated carbocycles. The van der Waals surface area contributed by atoms with Gasteiger partial charge in [0.1, 0.15) is 0 Å². The minimum absolute atomic E-state index is 0.195. The van der Waals surface area contributed by atoms with Gasteiger partial charge >= 0.3 is 5.97 Å². The second kappa shape index (κ2) is 4.63. The Morgan fingerprint density at radius 2 is 2.12 bits per heavy atom. The fourth-order valence-corrected chi connectivity index (χ4v) is 2.59. The second-order valence-electron chi connectivity index (χ2n) is 3.47. The highest BCUT2D eigenvalue weighted by Crippen LogP contribution is 2.40. The molecule has 2 rings (SSSR count). The van der Waals surface area contributed by atoms with Gasteiger partial charge in [0.05, 0.1) is 17.7 Å². The van der Waals surface area contributed by atoms with Crippen molar-refractivity contribution in [3.8, 4) is 0 Å². The van der Waals surface area contributed by atoms with Gasteiger partial charge < -0.3 is 9.64 Å². The van der Waals surface area contributed by atoms with Crippen LogP contribution in [-0.2, 0) is 14.3 Å². The number of amides is 1. The quantitative estimate of drug-likeness (QED) is 0.562. The van der Waals surface area contributed by atoms with Crippen molar-refractivity contribution < 1.29 is 14.3 Å². The Bertz CT molecular complexity index is 510. The van der Waals surface area contributed by atoms with Gasteiger partial charge in [-0.2, -0.15) is 0 Å². The van der Waals surface area contributed by atoms with Crippen molar-refractivity contribution in [2.24, 2.45) is 0 Å². The molecule has 0 N–H and O–H groups in total. The molecular weight excluding hydrogens is 238 g/mol. The lowest BCUT2D eigenvalue weighted by Crippen LogP contribution is -2.30. The van der Waals surface area contributed by atoms with E-state index in [-0.39, 0.29) is 5.91 Å². The summed E-state index contributed by atoms with van der Waals surface area (Å²) in [6, 6.07) is 7.55. The molecule has 1 aliphatic rings. The monoisotopic (exact) mass is 249 g/mol. The molecule has 0 atom stereocenters. The normalized spacial score (nSPS) is 16.9. The summed E-state index contributed by atoms with van der Waals surface area (Å²) >= 11 is 1.28. The maximum Gasteiger partial charge on any atom is 0.331 e. The van der Waals surface area contributed by atoms with E-state index in [1.807, 2.05) is 24.3 Å². The number of hydrogen-bond acceptors (Lipinski definition) is 4. The summed E-state index contributed by atoms with van der Waals surface area (Å²) in [5.41, 5.74) is 0.851. The van der Waals surface area contributed by atoms with E-state index in [1.54, 1.807) is 7.05 Å². The zero-order valence-electron chi connectivity index (χ0n) is 9.47. The third-order valence-corrected chi connectivity index (χ3v) is 3.49. The average molecular weight is 249 g/mol. The first-order valence-corrected chi connectivity index (χ1v) is 5.79. The Hall–Kier alpha value is -1.75. The number of likely N-dealkylation sites (N-methyl/N-ethyl adjacent to an activating group) is 1. The number of anilines is 1.